The van der Waals surface area contributed by atoms with Crippen molar-refractivity contribution < 1.29 is 18.8 Å². The molecule has 0 aromatic heterocycles. The maximum Gasteiger partial charge on any atom is 0.410 e. The summed E-state index contributed by atoms with van der Waals surface area (Å²) < 4.78 is 12.2. The van der Waals surface area contributed by atoms with Gasteiger partial charge in [0.05, 0.1) is 6.61 Å². The zero-order valence-electron chi connectivity index (χ0n) is 21.8. The van der Waals surface area contributed by atoms with Crippen LogP contribution in [-0.2, 0) is 14.0 Å². The van der Waals surface area contributed by atoms with E-state index in [0.29, 0.717) is 13.0 Å². The standard InChI is InChI=1S/C29H37NO4Si/c1-28(2,3)34-27(32)30-21-13-19-25(30)26(31)20-14-22-33-35(29(4,5)6,23-15-9-7-10-16-23)24-17-11-8-12-18-24/h7-12,15-18,25H,13,19,21-22H2,1-6H3/t25-/m0/s1. The Morgan fingerprint density at radius 3 is 1.97 bits per heavy atom. The van der Waals surface area contributed by atoms with Crippen LogP contribution in [0.4, 0.5) is 4.79 Å². The summed E-state index contributed by atoms with van der Waals surface area (Å²) in [4.78, 5) is 27.0. The highest BCUT2D eigenvalue weighted by Crippen LogP contribution is 2.36. The monoisotopic (exact) mass is 491 g/mol. The topological polar surface area (TPSA) is 55.8 Å². The second kappa shape index (κ2) is 10.8. The maximum atomic E-state index is 12.9. The first-order valence-electron chi connectivity index (χ1n) is 12.2. The molecule has 0 bridgehead atoms. The van der Waals surface area contributed by atoms with E-state index in [-0.39, 0.29) is 17.4 Å². The molecule has 0 saturated carbocycles. The molecule has 186 valence electrons. The molecule has 1 saturated heterocycles. The zero-order chi connectivity index (χ0) is 25.7. The second-order valence-electron chi connectivity index (χ2n) is 10.9. The van der Waals surface area contributed by atoms with Crippen LogP contribution in [0, 0.1) is 11.8 Å². The van der Waals surface area contributed by atoms with Gasteiger partial charge < -0.3 is 9.16 Å². The number of hydrogen-bond acceptors (Lipinski definition) is 4. The van der Waals surface area contributed by atoms with Crippen LogP contribution in [0.15, 0.2) is 60.7 Å². The summed E-state index contributed by atoms with van der Waals surface area (Å²) in [5.41, 5.74) is -0.609. The van der Waals surface area contributed by atoms with Crippen molar-refractivity contribution in [2.75, 3.05) is 13.2 Å². The first-order valence-corrected chi connectivity index (χ1v) is 14.1. The Morgan fingerprint density at radius 1 is 0.943 bits per heavy atom. The highest BCUT2D eigenvalue weighted by atomic mass is 28.4. The first kappa shape index (κ1) is 26.7. The molecule has 1 aliphatic rings. The molecular weight excluding hydrogens is 454 g/mol. The van der Waals surface area contributed by atoms with E-state index in [9.17, 15) is 9.59 Å². The van der Waals surface area contributed by atoms with Crippen LogP contribution in [0.5, 0.6) is 0 Å². The third kappa shape index (κ3) is 6.22. The van der Waals surface area contributed by atoms with Crippen molar-refractivity contribution in [3.05, 3.63) is 60.7 Å². The third-order valence-corrected chi connectivity index (χ3v) is 11.2. The average Bonchev–Trinajstić information content (AvgIpc) is 3.29. The molecule has 1 heterocycles. The number of amides is 1. The zero-order valence-corrected chi connectivity index (χ0v) is 22.8. The SMILES string of the molecule is CC(C)(C)OC(=O)N1CCC[C@H]1C(=O)C#CCO[Si](c1ccccc1)(c1ccccc1)C(C)(C)C. The lowest BCUT2D eigenvalue weighted by atomic mass is 10.1. The summed E-state index contributed by atoms with van der Waals surface area (Å²) in [5.74, 6) is 5.46. The van der Waals surface area contributed by atoms with E-state index in [4.69, 9.17) is 9.16 Å². The van der Waals surface area contributed by atoms with Crippen molar-refractivity contribution in [1.29, 1.82) is 0 Å². The number of rotatable bonds is 5. The lowest BCUT2D eigenvalue weighted by molar-refractivity contribution is -0.117. The highest BCUT2D eigenvalue weighted by Gasteiger charge is 2.50. The minimum atomic E-state index is -2.71. The maximum absolute atomic E-state index is 12.9. The predicted molar refractivity (Wildman–Crippen MR) is 142 cm³/mol. The molecule has 0 aliphatic carbocycles. The van der Waals surface area contributed by atoms with E-state index in [1.165, 1.54) is 15.3 Å². The van der Waals surface area contributed by atoms with Crippen LogP contribution in [0.25, 0.3) is 0 Å². The molecule has 0 radical (unpaired) electrons. The van der Waals surface area contributed by atoms with Crippen molar-refractivity contribution >= 4 is 30.6 Å². The second-order valence-corrected chi connectivity index (χ2v) is 15.3. The molecule has 1 atom stereocenters. The van der Waals surface area contributed by atoms with Crippen molar-refractivity contribution in [3.8, 4) is 11.8 Å². The molecule has 0 spiro atoms. The van der Waals surface area contributed by atoms with Gasteiger partial charge in [-0.15, -0.1) is 0 Å². The molecule has 1 amide bonds. The van der Waals surface area contributed by atoms with E-state index in [2.05, 4.69) is 56.9 Å². The molecule has 35 heavy (non-hydrogen) atoms. The first-order chi connectivity index (χ1) is 16.5. The van der Waals surface area contributed by atoms with Gasteiger partial charge in [-0.25, -0.2) is 4.79 Å². The number of hydrogen-bond donors (Lipinski definition) is 0. The van der Waals surface area contributed by atoms with Crippen LogP contribution in [0.1, 0.15) is 54.4 Å². The van der Waals surface area contributed by atoms with Crippen LogP contribution in [-0.4, -0.2) is 49.9 Å². The lowest BCUT2D eigenvalue weighted by Crippen LogP contribution is -2.66. The fourth-order valence-corrected chi connectivity index (χ4v) is 9.13. The largest absolute Gasteiger partial charge is 0.444 e. The molecule has 0 N–H and O–H groups in total. The Morgan fingerprint density at radius 2 is 1.49 bits per heavy atom. The van der Waals surface area contributed by atoms with Gasteiger partial charge in [0.2, 0.25) is 5.78 Å². The Bertz CT molecular complexity index is 1040. The Labute approximate surface area is 211 Å². The minimum absolute atomic E-state index is 0.137. The van der Waals surface area contributed by atoms with E-state index in [1.54, 1.807) is 0 Å². The summed E-state index contributed by atoms with van der Waals surface area (Å²) in [6.45, 7) is 12.7. The summed E-state index contributed by atoms with van der Waals surface area (Å²) >= 11 is 0. The number of carbonyl (C=O) groups excluding carboxylic acids is 2. The Hall–Kier alpha value is -2.88. The molecular formula is C29H37NO4Si. The van der Waals surface area contributed by atoms with Gasteiger partial charge in [0.1, 0.15) is 11.6 Å². The average molecular weight is 492 g/mol. The lowest BCUT2D eigenvalue weighted by Gasteiger charge is -2.42. The number of nitrogens with zero attached hydrogens (tertiary/aromatic N) is 1. The molecule has 5 nitrogen and oxygen atoms in total. The van der Waals surface area contributed by atoms with Crippen LogP contribution >= 0.6 is 0 Å². The number of ether oxygens (including phenoxy) is 1. The highest BCUT2D eigenvalue weighted by molar-refractivity contribution is 6.99. The normalized spacial score (nSPS) is 16.4. The van der Waals surface area contributed by atoms with Crippen molar-refractivity contribution in [2.24, 2.45) is 0 Å². The van der Waals surface area contributed by atoms with Gasteiger partial charge in [0.25, 0.3) is 8.32 Å². The van der Waals surface area contributed by atoms with Crippen LogP contribution < -0.4 is 10.4 Å². The van der Waals surface area contributed by atoms with Crippen LogP contribution in [0.3, 0.4) is 0 Å². The van der Waals surface area contributed by atoms with Crippen LogP contribution in [0.2, 0.25) is 5.04 Å². The number of likely N-dealkylation sites (tertiary alicyclic amines) is 1. The molecule has 1 fully saturated rings. The van der Waals surface area contributed by atoms with E-state index in [1.807, 2.05) is 57.2 Å². The van der Waals surface area contributed by atoms with Gasteiger partial charge in [-0.3, -0.25) is 9.69 Å². The summed E-state index contributed by atoms with van der Waals surface area (Å²) in [6.07, 6.45) is 0.900. The molecule has 1 aliphatic heterocycles. The Balaban J connectivity index is 1.82. The molecule has 2 aromatic carbocycles. The Kier molecular flexibility index (Phi) is 8.25. The van der Waals surface area contributed by atoms with Gasteiger partial charge in [-0.1, -0.05) is 87.4 Å². The smallest absolute Gasteiger partial charge is 0.410 e. The van der Waals surface area contributed by atoms with Crippen molar-refractivity contribution in [2.45, 2.75) is 71.1 Å². The summed E-state index contributed by atoms with van der Waals surface area (Å²) in [7, 11) is -2.71. The number of Topliss-reactive ketones (excluding diaryl/α,β-unsaturated/α-hetero) is 1. The number of ketones is 1. The van der Waals surface area contributed by atoms with Crippen molar-refractivity contribution in [3.63, 3.8) is 0 Å². The summed E-state index contributed by atoms with van der Waals surface area (Å²) in [6, 6.07) is 20.1. The number of carbonyl (C=O) groups is 2. The third-order valence-electron chi connectivity index (χ3n) is 6.17. The van der Waals surface area contributed by atoms with Gasteiger partial charge >= 0.3 is 6.09 Å². The van der Waals surface area contributed by atoms with Gasteiger partial charge in [-0.2, -0.15) is 0 Å². The van der Waals surface area contributed by atoms with E-state index in [0.717, 1.165) is 6.42 Å². The molecule has 6 heteroatoms. The minimum Gasteiger partial charge on any atom is -0.444 e. The van der Waals surface area contributed by atoms with Gasteiger partial charge in [0.15, 0.2) is 0 Å². The quantitative estimate of drug-likeness (QED) is 0.350. The van der Waals surface area contributed by atoms with E-state index < -0.39 is 26.1 Å². The predicted octanol–water partition coefficient (Wildman–Crippen LogP) is 4.54. The fourth-order valence-electron chi connectivity index (χ4n) is 4.69. The molecule has 2 aromatic rings. The summed E-state index contributed by atoms with van der Waals surface area (Å²) in [5, 5.41) is 2.16. The fraction of sp³-hybridized carbons (Fsp3) is 0.448. The molecule has 3 rings (SSSR count). The molecule has 0 unspecified atom stereocenters. The van der Waals surface area contributed by atoms with E-state index >= 15 is 0 Å². The van der Waals surface area contributed by atoms with Gasteiger partial charge in [0, 0.05) is 6.54 Å². The van der Waals surface area contributed by atoms with Crippen molar-refractivity contribution in [1.82, 2.24) is 4.90 Å². The van der Waals surface area contributed by atoms with Gasteiger partial charge in [-0.05, 0) is 54.9 Å². The number of benzene rings is 2.